The Hall–Kier alpha value is -0.790. The SMILES string of the molecule is CC(C)CN1C=CCC1=O. The van der Waals surface area contributed by atoms with Gasteiger partial charge in [0.15, 0.2) is 0 Å². The van der Waals surface area contributed by atoms with Gasteiger partial charge in [-0.15, -0.1) is 0 Å². The molecule has 0 aromatic carbocycles. The minimum absolute atomic E-state index is 0.230. The van der Waals surface area contributed by atoms with Gasteiger partial charge in [-0.05, 0) is 5.92 Å². The second kappa shape index (κ2) is 2.86. The average molecular weight is 139 g/mol. The molecule has 1 heterocycles. The molecule has 0 atom stereocenters. The second-order valence-electron chi connectivity index (χ2n) is 3.03. The van der Waals surface area contributed by atoms with Gasteiger partial charge >= 0.3 is 0 Å². The quantitative estimate of drug-likeness (QED) is 0.566. The highest BCUT2D eigenvalue weighted by Crippen LogP contribution is 2.08. The maximum atomic E-state index is 11.0. The lowest BCUT2D eigenvalue weighted by Crippen LogP contribution is -2.25. The predicted octanol–water partition coefficient (Wildman–Crippen LogP) is 1.39. The van der Waals surface area contributed by atoms with E-state index in [1.807, 2.05) is 12.3 Å². The Bertz CT molecular complexity index is 161. The molecule has 0 fully saturated rings. The molecule has 10 heavy (non-hydrogen) atoms. The molecule has 2 heteroatoms. The lowest BCUT2D eigenvalue weighted by atomic mass is 10.2. The zero-order valence-electron chi connectivity index (χ0n) is 6.50. The van der Waals surface area contributed by atoms with Gasteiger partial charge in [-0.25, -0.2) is 0 Å². The molecular formula is C8H13NO. The Morgan fingerprint density at radius 3 is 2.80 bits per heavy atom. The van der Waals surface area contributed by atoms with Gasteiger partial charge in [-0.2, -0.15) is 0 Å². The molecule has 0 bridgehead atoms. The van der Waals surface area contributed by atoms with Crippen LogP contribution in [0.1, 0.15) is 20.3 Å². The molecule has 0 spiro atoms. The molecule has 0 radical (unpaired) electrons. The Labute approximate surface area is 61.5 Å². The van der Waals surface area contributed by atoms with Crippen LogP contribution in [0.2, 0.25) is 0 Å². The smallest absolute Gasteiger partial charge is 0.230 e. The van der Waals surface area contributed by atoms with Crippen LogP contribution in [0.25, 0.3) is 0 Å². The first-order chi connectivity index (χ1) is 4.70. The zero-order valence-corrected chi connectivity index (χ0v) is 6.50. The number of hydrogen-bond acceptors (Lipinski definition) is 1. The molecule has 2 nitrogen and oxygen atoms in total. The fourth-order valence-electron chi connectivity index (χ4n) is 1.04. The first-order valence-electron chi connectivity index (χ1n) is 3.66. The number of rotatable bonds is 2. The topological polar surface area (TPSA) is 20.3 Å². The fourth-order valence-corrected chi connectivity index (χ4v) is 1.04. The van der Waals surface area contributed by atoms with Crippen LogP contribution in [0.15, 0.2) is 12.3 Å². The van der Waals surface area contributed by atoms with E-state index in [9.17, 15) is 4.79 Å². The number of nitrogens with zero attached hydrogens (tertiary/aromatic N) is 1. The third-order valence-electron chi connectivity index (χ3n) is 1.46. The van der Waals surface area contributed by atoms with Crippen molar-refractivity contribution in [1.82, 2.24) is 4.90 Å². The second-order valence-corrected chi connectivity index (χ2v) is 3.03. The largest absolute Gasteiger partial charge is 0.319 e. The predicted molar refractivity (Wildman–Crippen MR) is 40.3 cm³/mol. The van der Waals surface area contributed by atoms with Crippen molar-refractivity contribution >= 4 is 5.91 Å². The normalized spacial score (nSPS) is 17.5. The van der Waals surface area contributed by atoms with Crippen LogP contribution in [0, 0.1) is 5.92 Å². The van der Waals surface area contributed by atoms with Gasteiger partial charge in [0, 0.05) is 19.2 Å². The summed E-state index contributed by atoms with van der Waals surface area (Å²) in [7, 11) is 0. The van der Waals surface area contributed by atoms with E-state index < -0.39 is 0 Å². The van der Waals surface area contributed by atoms with E-state index in [2.05, 4.69) is 13.8 Å². The monoisotopic (exact) mass is 139 g/mol. The molecular weight excluding hydrogens is 126 g/mol. The molecule has 0 saturated carbocycles. The zero-order chi connectivity index (χ0) is 7.56. The summed E-state index contributed by atoms with van der Waals surface area (Å²) in [6, 6.07) is 0. The summed E-state index contributed by atoms with van der Waals surface area (Å²) >= 11 is 0. The van der Waals surface area contributed by atoms with Crippen molar-refractivity contribution in [1.29, 1.82) is 0 Å². The fraction of sp³-hybridized carbons (Fsp3) is 0.625. The third kappa shape index (κ3) is 1.59. The summed E-state index contributed by atoms with van der Waals surface area (Å²) in [6.45, 7) is 5.08. The Morgan fingerprint density at radius 1 is 1.70 bits per heavy atom. The van der Waals surface area contributed by atoms with Gasteiger partial charge in [0.2, 0.25) is 5.91 Å². The van der Waals surface area contributed by atoms with Crippen LogP contribution < -0.4 is 0 Å². The van der Waals surface area contributed by atoms with Gasteiger partial charge in [-0.1, -0.05) is 19.9 Å². The lowest BCUT2D eigenvalue weighted by Gasteiger charge is -2.15. The van der Waals surface area contributed by atoms with Crippen LogP contribution in [0.5, 0.6) is 0 Å². The molecule has 1 rings (SSSR count). The van der Waals surface area contributed by atoms with Crippen molar-refractivity contribution < 1.29 is 4.79 Å². The Balaban J connectivity index is 2.41. The van der Waals surface area contributed by atoms with Gasteiger partial charge in [0.1, 0.15) is 0 Å². The van der Waals surface area contributed by atoms with Crippen LogP contribution >= 0.6 is 0 Å². The molecule has 0 aliphatic carbocycles. The van der Waals surface area contributed by atoms with Crippen molar-refractivity contribution in [2.75, 3.05) is 6.54 Å². The molecule has 0 aromatic rings. The summed E-state index contributed by atoms with van der Waals surface area (Å²) < 4.78 is 0. The standard InChI is InChI=1S/C8H13NO/c1-7(2)6-9-5-3-4-8(9)10/h3,5,7H,4,6H2,1-2H3. The van der Waals surface area contributed by atoms with E-state index in [-0.39, 0.29) is 5.91 Å². The van der Waals surface area contributed by atoms with E-state index >= 15 is 0 Å². The molecule has 0 N–H and O–H groups in total. The van der Waals surface area contributed by atoms with Crippen LogP contribution in [-0.4, -0.2) is 17.4 Å². The van der Waals surface area contributed by atoms with Gasteiger partial charge in [0.05, 0.1) is 0 Å². The van der Waals surface area contributed by atoms with Gasteiger partial charge in [0.25, 0.3) is 0 Å². The summed E-state index contributed by atoms with van der Waals surface area (Å²) in [4.78, 5) is 12.8. The van der Waals surface area contributed by atoms with Crippen molar-refractivity contribution in [3.63, 3.8) is 0 Å². The Morgan fingerprint density at radius 2 is 2.40 bits per heavy atom. The maximum absolute atomic E-state index is 11.0. The maximum Gasteiger partial charge on any atom is 0.230 e. The average Bonchev–Trinajstić information content (AvgIpc) is 2.15. The molecule has 1 amide bonds. The number of hydrogen-bond donors (Lipinski definition) is 0. The van der Waals surface area contributed by atoms with E-state index in [0.717, 1.165) is 6.54 Å². The summed E-state index contributed by atoms with van der Waals surface area (Å²) in [6.07, 6.45) is 4.37. The van der Waals surface area contributed by atoms with Crippen LogP contribution in [-0.2, 0) is 4.79 Å². The Kier molecular flexibility index (Phi) is 2.10. The third-order valence-corrected chi connectivity index (χ3v) is 1.46. The highest BCUT2D eigenvalue weighted by Gasteiger charge is 2.14. The minimum atomic E-state index is 0.230. The molecule has 0 aromatic heterocycles. The van der Waals surface area contributed by atoms with E-state index in [1.165, 1.54) is 0 Å². The van der Waals surface area contributed by atoms with Crippen molar-refractivity contribution in [2.24, 2.45) is 5.92 Å². The minimum Gasteiger partial charge on any atom is -0.319 e. The van der Waals surface area contributed by atoms with Crippen molar-refractivity contribution in [2.45, 2.75) is 20.3 Å². The summed E-state index contributed by atoms with van der Waals surface area (Å²) in [5, 5.41) is 0. The van der Waals surface area contributed by atoms with E-state index in [1.54, 1.807) is 4.90 Å². The highest BCUT2D eigenvalue weighted by atomic mass is 16.2. The van der Waals surface area contributed by atoms with Crippen molar-refractivity contribution in [3.05, 3.63) is 12.3 Å². The number of amides is 1. The molecule has 0 saturated heterocycles. The number of carbonyl (C=O) groups excluding carboxylic acids is 1. The van der Waals surface area contributed by atoms with Crippen LogP contribution in [0.4, 0.5) is 0 Å². The summed E-state index contributed by atoms with van der Waals surface area (Å²) in [5.41, 5.74) is 0. The highest BCUT2D eigenvalue weighted by molar-refractivity contribution is 5.81. The summed E-state index contributed by atoms with van der Waals surface area (Å²) in [5.74, 6) is 0.792. The lowest BCUT2D eigenvalue weighted by molar-refractivity contribution is -0.127. The molecule has 0 unspecified atom stereocenters. The van der Waals surface area contributed by atoms with Gasteiger partial charge in [-0.3, -0.25) is 4.79 Å². The van der Waals surface area contributed by atoms with E-state index in [0.29, 0.717) is 12.3 Å². The first kappa shape index (κ1) is 7.32. The first-order valence-corrected chi connectivity index (χ1v) is 3.66. The van der Waals surface area contributed by atoms with E-state index in [4.69, 9.17) is 0 Å². The van der Waals surface area contributed by atoms with Crippen LogP contribution in [0.3, 0.4) is 0 Å². The van der Waals surface area contributed by atoms with Crippen molar-refractivity contribution in [3.8, 4) is 0 Å². The molecule has 56 valence electrons. The van der Waals surface area contributed by atoms with Gasteiger partial charge < -0.3 is 4.90 Å². The molecule has 1 aliphatic heterocycles. The number of carbonyl (C=O) groups is 1. The molecule has 1 aliphatic rings.